The lowest BCUT2D eigenvalue weighted by molar-refractivity contribution is 0.0956. The Hall–Kier alpha value is -3.86. The fourth-order valence-corrected chi connectivity index (χ4v) is 4.10. The molecule has 0 heterocycles. The molecule has 4 heteroatoms. The maximum Gasteiger partial charge on any atom is 0.186 e. The molecule has 0 aliphatic rings. The van der Waals surface area contributed by atoms with Crippen LogP contribution in [0.1, 0.15) is 0 Å². The van der Waals surface area contributed by atoms with Gasteiger partial charge in [0.25, 0.3) is 0 Å². The van der Waals surface area contributed by atoms with Gasteiger partial charge in [-0.3, -0.25) is 0 Å². The molecule has 0 unspecified atom stereocenters. The van der Waals surface area contributed by atoms with E-state index in [1.165, 1.54) is 0 Å². The molecule has 0 atom stereocenters. The zero-order valence-electron chi connectivity index (χ0n) is 17.4. The van der Waals surface area contributed by atoms with Crippen LogP contribution in [-0.4, -0.2) is 23.8 Å². The predicted octanol–water partition coefficient (Wildman–Crippen LogP) is 5.98. The summed E-state index contributed by atoms with van der Waals surface area (Å²) in [4.78, 5) is 0. The van der Waals surface area contributed by atoms with Crippen LogP contribution in [0.15, 0.2) is 97.1 Å². The molecule has 0 spiro atoms. The highest BCUT2D eigenvalue weighted by atomic mass is 16.6. The molecule has 5 rings (SSSR count). The van der Waals surface area contributed by atoms with E-state index in [0.717, 1.165) is 43.8 Å². The van der Waals surface area contributed by atoms with Crippen LogP contribution >= 0.6 is 0 Å². The third-order valence-corrected chi connectivity index (χ3v) is 5.64. The second kappa shape index (κ2) is 8.71. The van der Waals surface area contributed by atoms with Crippen molar-refractivity contribution in [1.29, 1.82) is 0 Å². The van der Waals surface area contributed by atoms with Crippen molar-refractivity contribution in [2.24, 2.45) is 0 Å². The van der Waals surface area contributed by atoms with E-state index in [2.05, 4.69) is 48.5 Å². The topological polar surface area (TPSA) is 58.9 Å². The molecule has 5 aromatic carbocycles. The summed E-state index contributed by atoms with van der Waals surface area (Å²) < 4.78 is 11.2. The molecular weight excluding hydrogens is 400 g/mol. The molecule has 0 aliphatic carbocycles. The van der Waals surface area contributed by atoms with Crippen LogP contribution in [-0.2, 0) is 0 Å². The van der Waals surface area contributed by atoms with Gasteiger partial charge >= 0.3 is 0 Å². The summed E-state index contributed by atoms with van der Waals surface area (Å²) in [6.07, 6.45) is 0. The van der Waals surface area contributed by atoms with E-state index in [9.17, 15) is 10.2 Å². The smallest absolute Gasteiger partial charge is 0.186 e. The second-order valence-corrected chi connectivity index (χ2v) is 7.52. The Morgan fingerprint density at radius 1 is 0.469 bits per heavy atom. The molecule has 158 valence electrons. The molecular formula is C28H22O4. The van der Waals surface area contributed by atoms with Crippen LogP contribution in [0.25, 0.3) is 43.8 Å². The van der Waals surface area contributed by atoms with Crippen molar-refractivity contribution in [2.45, 2.75) is 0 Å². The molecule has 0 saturated heterocycles. The first-order valence-electron chi connectivity index (χ1n) is 10.4. The van der Waals surface area contributed by atoms with Gasteiger partial charge in [-0.15, -0.1) is 0 Å². The summed E-state index contributed by atoms with van der Waals surface area (Å²) in [6.45, 7) is -0.893. The van der Waals surface area contributed by atoms with Crippen molar-refractivity contribution >= 4 is 21.5 Å². The summed E-state index contributed by atoms with van der Waals surface area (Å²) >= 11 is 0. The number of fused-ring (bicyclic) bond motifs is 2. The Balaban J connectivity index is 1.69. The Morgan fingerprint density at radius 2 is 0.875 bits per heavy atom. The molecule has 0 radical (unpaired) electrons. The van der Waals surface area contributed by atoms with Gasteiger partial charge in [0.05, 0.1) is 0 Å². The van der Waals surface area contributed by atoms with Crippen molar-refractivity contribution in [3.8, 4) is 33.8 Å². The molecule has 5 aromatic rings. The third kappa shape index (κ3) is 3.78. The maximum absolute atomic E-state index is 9.54. The van der Waals surface area contributed by atoms with Gasteiger partial charge < -0.3 is 19.7 Å². The fourth-order valence-electron chi connectivity index (χ4n) is 4.10. The van der Waals surface area contributed by atoms with Crippen molar-refractivity contribution < 1.29 is 19.7 Å². The largest absolute Gasteiger partial charge is 0.467 e. The monoisotopic (exact) mass is 422 g/mol. The molecule has 2 N–H and O–H groups in total. The van der Waals surface area contributed by atoms with Crippen molar-refractivity contribution in [2.75, 3.05) is 13.6 Å². The quantitative estimate of drug-likeness (QED) is 0.330. The van der Waals surface area contributed by atoms with Gasteiger partial charge in [-0.1, -0.05) is 72.8 Å². The molecule has 0 aliphatic heterocycles. The minimum atomic E-state index is -0.446. The Bertz CT molecular complexity index is 1300. The average molecular weight is 422 g/mol. The van der Waals surface area contributed by atoms with Crippen molar-refractivity contribution in [3.63, 3.8) is 0 Å². The van der Waals surface area contributed by atoms with E-state index in [0.29, 0.717) is 11.5 Å². The zero-order chi connectivity index (χ0) is 21.9. The lowest BCUT2D eigenvalue weighted by Crippen LogP contribution is -2.01. The first-order valence-corrected chi connectivity index (χ1v) is 10.4. The highest BCUT2D eigenvalue weighted by molar-refractivity contribution is 5.92. The SMILES string of the molecule is OCOc1cc(-c2ccc3ccccc3c2)c(OCO)cc1-c1ccc2ccccc2c1. The minimum absolute atomic E-state index is 0.446. The Kier molecular flexibility index (Phi) is 5.46. The number of aliphatic hydroxyl groups excluding tert-OH is 2. The Morgan fingerprint density at radius 3 is 1.28 bits per heavy atom. The van der Waals surface area contributed by atoms with Crippen LogP contribution in [0.3, 0.4) is 0 Å². The van der Waals surface area contributed by atoms with Gasteiger partial charge in [0.2, 0.25) is 0 Å². The fraction of sp³-hybridized carbons (Fsp3) is 0.0714. The summed E-state index contributed by atoms with van der Waals surface area (Å²) in [7, 11) is 0. The van der Waals surface area contributed by atoms with E-state index in [4.69, 9.17) is 9.47 Å². The first-order chi connectivity index (χ1) is 15.8. The number of rotatable bonds is 6. The van der Waals surface area contributed by atoms with Crippen molar-refractivity contribution in [1.82, 2.24) is 0 Å². The van der Waals surface area contributed by atoms with Gasteiger partial charge in [0.1, 0.15) is 11.5 Å². The van der Waals surface area contributed by atoms with Gasteiger partial charge in [-0.2, -0.15) is 0 Å². The van der Waals surface area contributed by atoms with Crippen LogP contribution in [0.2, 0.25) is 0 Å². The lowest BCUT2D eigenvalue weighted by Gasteiger charge is -2.17. The summed E-state index contributed by atoms with van der Waals surface area (Å²) in [5.41, 5.74) is 3.41. The summed E-state index contributed by atoms with van der Waals surface area (Å²) in [5, 5.41) is 23.6. The predicted molar refractivity (Wildman–Crippen MR) is 128 cm³/mol. The maximum atomic E-state index is 9.54. The van der Waals surface area contributed by atoms with E-state index in [1.54, 1.807) is 0 Å². The molecule has 0 amide bonds. The molecule has 0 bridgehead atoms. The van der Waals surface area contributed by atoms with Gasteiger partial charge in [-0.25, -0.2) is 0 Å². The average Bonchev–Trinajstić information content (AvgIpc) is 2.84. The number of hydrogen-bond donors (Lipinski definition) is 2. The van der Waals surface area contributed by atoms with Crippen LogP contribution in [0.5, 0.6) is 11.5 Å². The highest BCUT2D eigenvalue weighted by Crippen LogP contribution is 2.42. The Labute approximate surface area is 185 Å². The number of ether oxygens (including phenoxy) is 2. The second-order valence-electron chi connectivity index (χ2n) is 7.52. The number of aliphatic hydroxyl groups is 2. The van der Waals surface area contributed by atoms with Crippen LogP contribution in [0.4, 0.5) is 0 Å². The number of benzene rings is 5. The van der Waals surface area contributed by atoms with E-state index < -0.39 is 13.6 Å². The molecule has 4 nitrogen and oxygen atoms in total. The summed E-state index contributed by atoms with van der Waals surface area (Å²) in [5.74, 6) is 1.08. The number of hydrogen-bond acceptors (Lipinski definition) is 4. The molecule has 0 aromatic heterocycles. The highest BCUT2D eigenvalue weighted by Gasteiger charge is 2.16. The van der Waals surface area contributed by atoms with Gasteiger partial charge in [-0.05, 0) is 56.9 Å². The van der Waals surface area contributed by atoms with E-state index >= 15 is 0 Å². The lowest BCUT2D eigenvalue weighted by atomic mass is 9.95. The first kappa shape index (κ1) is 20.1. The van der Waals surface area contributed by atoms with E-state index in [1.807, 2.05) is 48.5 Å². The normalized spacial score (nSPS) is 11.1. The minimum Gasteiger partial charge on any atom is -0.467 e. The molecule has 0 saturated carbocycles. The van der Waals surface area contributed by atoms with Crippen LogP contribution < -0.4 is 9.47 Å². The van der Waals surface area contributed by atoms with E-state index in [-0.39, 0.29) is 0 Å². The third-order valence-electron chi connectivity index (χ3n) is 5.64. The van der Waals surface area contributed by atoms with Gasteiger partial charge in [0.15, 0.2) is 13.6 Å². The van der Waals surface area contributed by atoms with Crippen molar-refractivity contribution in [3.05, 3.63) is 97.1 Å². The van der Waals surface area contributed by atoms with Crippen LogP contribution in [0, 0.1) is 0 Å². The molecule has 32 heavy (non-hydrogen) atoms. The standard InChI is InChI=1S/C28H22O4/c29-17-31-27-16-26(24-12-10-20-6-2-4-8-22(20)14-24)28(32-18-30)15-25(27)23-11-9-19-5-1-3-7-21(19)13-23/h1-16,29-30H,17-18H2. The molecule has 0 fully saturated rings. The zero-order valence-corrected chi connectivity index (χ0v) is 17.4. The summed E-state index contributed by atoms with van der Waals surface area (Å²) in [6, 6.07) is 32.3. The van der Waals surface area contributed by atoms with Gasteiger partial charge in [0, 0.05) is 11.1 Å².